The quantitative estimate of drug-likeness (QED) is 0.557. The number of halogens is 1. The third-order valence-corrected chi connectivity index (χ3v) is 5.53. The third kappa shape index (κ3) is 5.22. The van der Waals surface area contributed by atoms with E-state index in [1.165, 1.54) is 0 Å². The van der Waals surface area contributed by atoms with Crippen molar-refractivity contribution in [3.8, 4) is 11.1 Å². The van der Waals surface area contributed by atoms with Gasteiger partial charge in [0.05, 0.1) is 17.3 Å². The maximum Gasteiger partial charge on any atom is 0.126 e. The number of nitrogens with two attached hydrogens (primary N) is 1. The highest BCUT2D eigenvalue weighted by Crippen LogP contribution is 2.31. The molecule has 0 saturated heterocycles. The molecule has 0 spiro atoms. The summed E-state index contributed by atoms with van der Waals surface area (Å²) in [5, 5.41) is 7.46. The second-order valence-corrected chi connectivity index (χ2v) is 7.82. The Kier molecular flexibility index (Phi) is 6.22. The molecule has 6 nitrogen and oxygen atoms in total. The van der Waals surface area contributed by atoms with Gasteiger partial charge < -0.3 is 16.4 Å². The Morgan fingerprint density at radius 3 is 2.62 bits per heavy atom. The molecule has 0 aromatic carbocycles. The topological polar surface area (TPSA) is 88.8 Å². The van der Waals surface area contributed by atoms with E-state index in [0.29, 0.717) is 23.7 Å². The van der Waals surface area contributed by atoms with E-state index in [0.717, 1.165) is 54.1 Å². The highest BCUT2D eigenvalue weighted by Gasteiger charge is 2.19. The number of rotatable bonds is 6. The lowest BCUT2D eigenvalue weighted by molar-refractivity contribution is 0.410. The Labute approximate surface area is 175 Å². The van der Waals surface area contributed by atoms with Gasteiger partial charge >= 0.3 is 0 Å². The zero-order chi connectivity index (χ0) is 20.1. The van der Waals surface area contributed by atoms with Crippen molar-refractivity contribution >= 4 is 23.2 Å². The van der Waals surface area contributed by atoms with Gasteiger partial charge in [-0.3, -0.25) is 4.98 Å². The average Bonchev–Trinajstić information content (AvgIpc) is 2.76. The van der Waals surface area contributed by atoms with Crippen LogP contribution in [0.25, 0.3) is 11.1 Å². The molecule has 150 valence electrons. The van der Waals surface area contributed by atoms with Gasteiger partial charge in [0.25, 0.3) is 0 Å². The van der Waals surface area contributed by atoms with Crippen molar-refractivity contribution in [2.75, 3.05) is 10.6 Å². The van der Waals surface area contributed by atoms with Crippen LogP contribution in [0.4, 0.5) is 11.6 Å². The van der Waals surface area contributed by atoms with Crippen LogP contribution < -0.4 is 16.4 Å². The van der Waals surface area contributed by atoms with Crippen molar-refractivity contribution < 1.29 is 0 Å². The molecule has 0 unspecified atom stereocenters. The summed E-state index contributed by atoms with van der Waals surface area (Å²) in [4.78, 5) is 13.2. The Balaban J connectivity index is 1.48. The van der Waals surface area contributed by atoms with Crippen molar-refractivity contribution in [2.45, 2.75) is 44.3 Å². The average molecular weight is 409 g/mol. The van der Waals surface area contributed by atoms with Gasteiger partial charge in [0, 0.05) is 36.2 Å². The van der Waals surface area contributed by atoms with E-state index < -0.39 is 0 Å². The van der Waals surface area contributed by atoms with Crippen LogP contribution >= 0.6 is 11.6 Å². The molecule has 7 heteroatoms. The van der Waals surface area contributed by atoms with Crippen LogP contribution in [-0.2, 0) is 6.54 Å². The second kappa shape index (κ2) is 9.20. The van der Waals surface area contributed by atoms with Gasteiger partial charge in [-0.15, -0.1) is 0 Å². The summed E-state index contributed by atoms with van der Waals surface area (Å²) < 4.78 is 0. The molecule has 0 amide bonds. The predicted octanol–water partition coefficient (Wildman–Crippen LogP) is 4.49. The molecule has 4 N–H and O–H groups in total. The van der Waals surface area contributed by atoms with E-state index >= 15 is 0 Å². The van der Waals surface area contributed by atoms with Gasteiger partial charge in [0.1, 0.15) is 11.6 Å². The summed E-state index contributed by atoms with van der Waals surface area (Å²) in [7, 11) is 0. The molecule has 3 heterocycles. The van der Waals surface area contributed by atoms with E-state index in [1.807, 2.05) is 36.4 Å². The van der Waals surface area contributed by atoms with Gasteiger partial charge in [0.15, 0.2) is 0 Å². The molecule has 29 heavy (non-hydrogen) atoms. The smallest absolute Gasteiger partial charge is 0.126 e. The number of nitrogens with zero attached hydrogens (tertiary/aromatic N) is 3. The SMILES string of the molecule is N[C@H]1CC[C@H](Nc2cc(-c3ccnc(NCc4ccccn4)c3)c(Cl)cn2)CC1. The minimum absolute atomic E-state index is 0.329. The molecule has 0 radical (unpaired) electrons. The number of nitrogens with one attached hydrogen (secondary N) is 2. The van der Waals surface area contributed by atoms with E-state index in [2.05, 4.69) is 25.6 Å². The summed E-state index contributed by atoms with van der Waals surface area (Å²) in [5.74, 6) is 1.61. The minimum atomic E-state index is 0.329. The molecule has 4 rings (SSSR count). The first-order valence-corrected chi connectivity index (χ1v) is 10.3. The second-order valence-electron chi connectivity index (χ2n) is 7.41. The summed E-state index contributed by atoms with van der Waals surface area (Å²) in [6.07, 6.45) is 9.50. The summed E-state index contributed by atoms with van der Waals surface area (Å²) in [6.45, 7) is 0.609. The first kappa shape index (κ1) is 19.6. The van der Waals surface area contributed by atoms with Crippen molar-refractivity contribution in [3.05, 3.63) is 65.7 Å². The van der Waals surface area contributed by atoms with E-state index in [4.69, 9.17) is 17.3 Å². The number of hydrogen-bond donors (Lipinski definition) is 3. The molecule has 3 aromatic rings. The van der Waals surface area contributed by atoms with E-state index in [9.17, 15) is 0 Å². The normalized spacial score (nSPS) is 19.0. The molecular formula is C22H25ClN6. The first-order valence-electron chi connectivity index (χ1n) is 9.95. The molecule has 1 saturated carbocycles. The van der Waals surface area contributed by atoms with Crippen LogP contribution in [0.15, 0.2) is 55.0 Å². The predicted molar refractivity (Wildman–Crippen MR) is 118 cm³/mol. The van der Waals surface area contributed by atoms with Crippen molar-refractivity contribution in [1.82, 2.24) is 15.0 Å². The number of hydrogen-bond acceptors (Lipinski definition) is 6. The van der Waals surface area contributed by atoms with Gasteiger partial charge in [-0.2, -0.15) is 0 Å². The maximum absolute atomic E-state index is 6.46. The number of aromatic nitrogens is 3. The zero-order valence-corrected chi connectivity index (χ0v) is 16.9. The third-order valence-electron chi connectivity index (χ3n) is 5.23. The number of anilines is 2. The van der Waals surface area contributed by atoms with Gasteiger partial charge in [-0.25, -0.2) is 9.97 Å². The lowest BCUT2D eigenvalue weighted by Gasteiger charge is -2.27. The molecule has 0 bridgehead atoms. The summed E-state index contributed by atoms with van der Waals surface area (Å²) in [5.41, 5.74) is 8.89. The highest BCUT2D eigenvalue weighted by molar-refractivity contribution is 6.33. The van der Waals surface area contributed by atoms with Crippen molar-refractivity contribution in [3.63, 3.8) is 0 Å². The fraction of sp³-hybridized carbons (Fsp3) is 0.318. The number of pyridine rings is 3. The van der Waals surface area contributed by atoms with E-state index in [1.54, 1.807) is 18.6 Å². The van der Waals surface area contributed by atoms with Crippen LogP contribution in [0.1, 0.15) is 31.4 Å². The molecule has 0 atom stereocenters. The highest BCUT2D eigenvalue weighted by atomic mass is 35.5. The van der Waals surface area contributed by atoms with Gasteiger partial charge in [-0.1, -0.05) is 17.7 Å². The fourth-order valence-corrected chi connectivity index (χ4v) is 3.80. The summed E-state index contributed by atoms with van der Waals surface area (Å²) >= 11 is 6.46. The Morgan fingerprint density at radius 2 is 1.83 bits per heavy atom. The van der Waals surface area contributed by atoms with E-state index in [-0.39, 0.29) is 0 Å². The Morgan fingerprint density at radius 1 is 0.966 bits per heavy atom. The Hall–Kier alpha value is -2.70. The molecule has 3 aromatic heterocycles. The first-order chi connectivity index (χ1) is 14.2. The van der Waals surface area contributed by atoms with Crippen molar-refractivity contribution in [1.29, 1.82) is 0 Å². The molecular weight excluding hydrogens is 384 g/mol. The summed E-state index contributed by atoms with van der Waals surface area (Å²) in [6, 6.07) is 12.5. The maximum atomic E-state index is 6.46. The van der Waals surface area contributed by atoms with Crippen LogP contribution in [0.3, 0.4) is 0 Å². The van der Waals surface area contributed by atoms with Crippen LogP contribution in [0.5, 0.6) is 0 Å². The molecule has 1 aliphatic rings. The lowest BCUT2D eigenvalue weighted by Crippen LogP contribution is -2.33. The van der Waals surface area contributed by atoms with Gasteiger partial charge in [0.2, 0.25) is 0 Å². The largest absolute Gasteiger partial charge is 0.367 e. The molecule has 0 aliphatic heterocycles. The monoisotopic (exact) mass is 408 g/mol. The fourth-order valence-electron chi connectivity index (χ4n) is 3.59. The minimum Gasteiger partial charge on any atom is -0.367 e. The standard InChI is InChI=1S/C22H25ClN6/c23-20-14-28-22(29-17-6-4-16(24)5-7-17)12-19(20)15-8-10-26-21(11-15)27-13-18-3-1-2-9-25-18/h1-3,8-12,14,16-17H,4-7,13,24H2,(H,26,27)(H,28,29)/t16-,17-. The molecule has 1 fully saturated rings. The molecule has 1 aliphatic carbocycles. The van der Waals surface area contributed by atoms with Crippen LogP contribution in [-0.4, -0.2) is 27.0 Å². The van der Waals surface area contributed by atoms with Crippen molar-refractivity contribution in [2.24, 2.45) is 5.73 Å². The van der Waals surface area contributed by atoms with Crippen LogP contribution in [0.2, 0.25) is 5.02 Å². The van der Waals surface area contributed by atoms with Gasteiger partial charge in [-0.05, 0) is 61.6 Å². The lowest BCUT2D eigenvalue weighted by atomic mass is 9.92. The zero-order valence-electron chi connectivity index (χ0n) is 16.2. The van der Waals surface area contributed by atoms with Crippen LogP contribution in [0, 0.1) is 0 Å². The Bertz CT molecular complexity index is 941.